The van der Waals surface area contributed by atoms with Crippen molar-refractivity contribution in [3.8, 4) is 5.75 Å². The fraction of sp³-hybridized carbons (Fsp3) is 0.222. The van der Waals surface area contributed by atoms with E-state index in [2.05, 4.69) is 10.9 Å². The third kappa shape index (κ3) is 4.70. The van der Waals surface area contributed by atoms with Crippen molar-refractivity contribution in [1.29, 1.82) is 0 Å². The van der Waals surface area contributed by atoms with E-state index < -0.39 is 5.91 Å². The van der Waals surface area contributed by atoms with Crippen LogP contribution in [0.4, 0.5) is 0 Å². The molecule has 2 aromatic rings. The summed E-state index contributed by atoms with van der Waals surface area (Å²) in [6.07, 6.45) is 3.89. The summed E-state index contributed by atoms with van der Waals surface area (Å²) in [5, 5.41) is 0. The van der Waals surface area contributed by atoms with E-state index in [0.717, 1.165) is 17.5 Å². The zero-order valence-corrected chi connectivity index (χ0v) is 14.7. The van der Waals surface area contributed by atoms with Gasteiger partial charge in [-0.15, -0.1) is 11.3 Å². The summed E-state index contributed by atoms with van der Waals surface area (Å²) in [6.45, 7) is 4.02. The molecule has 0 saturated carbocycles. The molecule has 24 heavy (non-hydrogen) atoms. The standard InChI is InChI=1S/C18H20N2O3S/c1-4-15-12(2)10-16(24-15)18(22)20-19-17(21)9-8-13-6-5-7-14(11-13)23-3/h5-11H,4H2,1-3H3,(H,19,21)(H,20,22)/b9-8+. The lowest BCUT2D eigenvalue weighted by molar-refractivity contribution is -0.117. The van der Waals surface area contributed by atoms with Gasteiger partial charge in [-0.2, -0.15) is 0 Å². The zero-order valence-electron chi connectivity index (χ0n) is 13.9. The van der Waals surface area contributed by atoms with Crippen LogP contribution in [0.25, 0.3) is 6.08 Å². The summed E-state index contributed by atoms with van der Waals surface area (Å²) in [7, 11) is 1.58. The Morgan fingerprint density at radius 3 is 2.71 bits per heavy atom. The molecule has 0 atom stereocenters. The molecule has 126 valence electrons. The highest BCUT2D eigenvalue weighted by atomic mass is 32.1. The van der Waals surface area contributed by atoms with E-state index in [1.165, 1.54) is 22.3 Å². The van der Waals surface area contributed by atoms with Crippen LogP contribution in [0.3, 0.4) is 0 Å². The number of rotatable bonds is 5. The molecule has 0 bridgehead atoms. The van der Waals surface area contributed by atoms with Gasteiger partial charge in [0, 0.05) is 11.0 Å². The maximum atomic E-state index is 12.0. The van der Waals surface area contributed by atoms with Gasteiger partial charge in [-0.25, -0.2) is 0 Å². The van der Waals surface area contributed by atoms with Crippen molar-refractivity contribution >= 4 is 29.2 Å². The van der Waals surface area contributed by atoms with Crippen molar-refractivity contribution in [2.75, 3.05) is 7.11 Å². The molecule has 2 N–H and O–H groups in total. The highest BCUT2D eigenvalue weighted by molar-refractivity contribution is 7.14. The van der Waals surface area contributed by atoms with Gasteiger partial charge in [-0.05, 0) is 48.7 Å². The van der Waals surface area contributed by atoms with Gasteiger partial charge in [0.2, 0.25) is 0 Å². The number of carbonyl (C=O) groups excluding carboxylic acids is 2. The Morgan fingerprint density at radius 2 is 2.04 bits per heavy atom. The normalized spacial score (nSPS) is 10.6. The van der Waals surface area contributed by atoms with Gasteiger partial charge in [0.1, 0.15) is 5.75 Å². The predicted octanol–water partition coefficient (Wildman–Crippen LogP) is 3.10. The molecule has 0 aliphatic heterocycles. The minimum absolute atomic E-state index is 0.314. The van der Waals surface area contributed by atoms with Crippen molar-refractivity contribution in [3.05, 3.63) is 57.3 Å². The molecule has 0 radical (unpaired) electrons. The first-order chi connectivity index (χ1) is 11.5. The van der Waals surface area contributed by atoms with Crippen molar-refractivity contribution in [1.82, 2.24) is 10.9 Å². The molecule has 0 unspecified atom stereocenters. The summed E-state index contributed by atoms with van der Waals surface area (Å²) in [5.41, 5.74) is 6.72. The lowest BCUT2D eigenvalue weighted by Crippen LogP contribution is -2.40. The second-order valence-electron chi connectivity index (χ2n) is 5.12. The number of carbonyl (C=O) groups is 2. The molecule has 1 aromatic carbocycles. The van der Waals surface area contributed by atoms with E-state index in [4.69, 9.17) is 4.74 Å². The number of hydrazine groups is 1. The van der Waals surface area contributed by atoms with Crippen LogP contribution in [0.2, 0.25) is 0 Å². The van der Waals surface area contributed by atoms with E-state index in [1.54, 1.807) is 13.2 Å². The van der Waals surface area contributed by atoms with Crippen molar-refractivity contribution in [3.63, 3.8) is 0 Å². The molecule has 0 spiro atoms. The van der Waals surface area contributed by atoms with Crippen LogP contribution in [0.15, 0.2) is 36.4 Å². The number of ether oxygens (including phenoxy) is 1. The molecule has 0 saturated heterocycles. The first-order valence-electron chi connectivity index (χ1n) is 7.55. The van der Waals surface area contributed by atoms with Crippen LogP contribution >= 0.6 is 11.3 Å². The number of benzene rings is 1. The van der Waals surface area contributed by atoms with Gasteiger partial charge >= 0.3 is 0 Å². The largest absolute Gasteiger partial charge is 0.497 e. The fourth-order valence-electron chi connectivity index (χ4n) is 2.12. The van der Waals surface area contributed by atoms with Crippen LogP contribution in [0, 0.1) is 6.92 Å². The average Bonchev–Trinajstić information content (AvgIpc) is 2.99. The summed E-state index contributed by atoms with van der Waals surface area (Å²) in [6, 6.07) is 9.15. The van der Waals surface area contributed by atoms with E-state index >= 15 is 0 Å². The average molecular weight is 344 g/mol. The van der Waals surface area contributed by atoms with Gasteiger partial charge < -0.3 is 4.74 Å². The molecule has 0 fully saturated rings. The first kappa shape index (κ1) is 17.7. The Morgan fingerprint density at radius 1 is 1.25 bits per heavy atom. The molecule has 0 aliphatic carbocycles. The summed E-state index contributed by atoms with van der Waals surface area (Å²) < 4.78 is 5.12. The number of methoxy groups -OCH3 is 1. The lowest BCUT2D eigenvalue weighted by atomic mass is 10.2. The second-order valence-corrected chi connectivity index (χ2v) is 6.26. The van der Waals surface area contributed by atoms with Gasteiger partial charge in [-0.3, -0.25) is 20.4 Å². The van der Waals surface area contributed by atoms with E-state index in [1.807, 2.05) is 44.2 Å². The zero-order chi connectivity index (χ0) is 17.5. The predicted molar refractivity (Wildman–Crippen MR) is 96.1 cm³/mol. The molecular formula is C18H20N2O3S. The molecule has 2 rings (SSSR count). The SMILES string of the molecule is CCc1sc(C(=O)NNC(=O)/C=C/c2cccc(OC)c2)cc1C. The van der Waals surface area contributed by atoms with Crippen molar-refractivity contribution in [2.24, 2.45) is 0 Å². The van der Waals surface area contributed by atoms with E-state index in [-0.39, 0.29) is 5.91 Å². The van der Waals surface area contributed by atoms with Gasteiger partial charge in [0.15, 0.2) is 0 Å². The molecule has 1 aromatic heterocycles. The van der Waals surface area contributed by atoms with Crippen molar-refractivity contribution < 1.29 is 14.3 Å². The highest BCUT2D eigenvalue weighted by Crippen LogP contribution is 2.22. The lowest BCUT2D eigenvalue weighted by Gasteiger charge is -2.03. The molecule has 6 heteroatoms. The Hall–Kier alpha value is -2.60. The molecule has 5 nitrogen and oxygen atoms in total. The quantitative estimate of drug-likeness (QED) is 0.647. The maximum Gasteiger partial charge on any atom is 0.279 e. The number of thiophene rings is 1. The van der Waals surface area contributed by atoms with Crippen LogP contribution in [0.5, 0.6) is 5.75 Å². The van der Waals surface area contributed by atoms with Crippen LogP contribution in [-0.2, 0) is 11.2 Å². The number of hydrogen-bond donors (Lipinski definition) is 2. The monoisotopic (exact) mass is 344 g/mol. The van der Waals surface area contributed by atoms with Crippen LogP contribution < -0.4 is 15.6 Å². The topological polar surface area (TPSA) is 67.4 Å². The van der Waals surface area contributed by atoms with Crippen molar-refractivity contribution in [2.45, 2.75) is 20.3 Å². The minimum atomic E-state index is -0.407. The fourth-order valence-corrected chi connectivity index (χ4v) is 3.13. The van der Waals surface area contributed by atoms with Crippen LogP contribution in [-0.4, -0.2) is 18.9 Å². The minimum Gasteiger partial charge on any atom is -0.497 e. The number of aryl methyl sites for hydroxylation is 2. The number of nitrogens with one attached hydrogen (secondary N) is 2. The first-order valence-corrected chi connectivity index (χ1v) is 8.37. The third-order valence-electron chi connectivity index (χ3n) is 3.39. The van der Waals surface area contributed by atoms with Gasteiger partial charge in [-0.1, -0.05) is 19.1 Å². The molecule has 1 heterocycles. The molecule has 2 amide bonds. The van der Waals surface area contributed by atoms with E-state index in [0.29, 0.717) is 10.6 Å². The molecule has 0 aliphatic rings. The smallest absolute Gasteiger partial charge is 0.279 e. The Labute approximate surface area is 145 Å². The van der Waals surface area contributed by atoms with Gasteiger partial charge in [0.25, 0.3) is 11.8 Å². The summed E-state index contributed by atoms with van der Waals surface area (Å²) in [5.74, 6) is -0.00764. The maximum absolute atomic E-state index is 12.0. The summed E-state index contributed by atoms with van der Waals surface area (Å²) in [4.78, 5) is 25.6. The third-order valence-corrected chi connectivity index (χ3v) is 4.77. The Bertz CT molecular complexity index is 765. The van der Waals surface area contributed by atoms with Crippen LogP contribution in [0.1, 0.15) is 32.6 Å². The summed E-state index contributed by atoms with van der Waals surface area (Å²) >= 11 is 1.44. The van der Waals surface area contributed by atoms with Gasteiger partial charge in [0.05, 0.1) is 12.0 Å². The number of hydrogen-bond acceptors (Lipinski definition) is 4. The second kappa shape index (κ2) is 8.31. The molecular weight excluding hydrogens is 324 g/mol. The Balaban J connectivity index is 1.90. The van der Waals surface area contributed by atoms with E-state index in [9.17, 15) is 9.59 Å². The number of amides is 2. The highest BCUT2D eigenvalue weighted by Gasteiger charge is 2.11. The Kier molecular flexibility index (Phi) is 6.14.